The molecule has 0 saturated heterocycles. The van der Waals surface area contributed by atoms with Crippen LogP contribution in [0.3, 0.4) is 0 Å². The maximum atomic E-state index is 3.76. The van der Waals surface area contributed by atoms with Crippen LogP contribution in [0.5, 0.6) is 0 Å². The summed E-state index contributed by atoms with van der Waals surface area (Å²) < 4.78 is 0. The second-order valence-corrected chi connectivity index (χ2v) is 6.49. The van der Waals surface area contributed by atoms with Crippen LogP contribution in [-0.2, 0) is 12.8 Å². The summed E-state index contributed by atoms with van der Waals surface area (Å²) in [5.74, 6) is 1.71. The zero-order chi connectivity index (χ0) is 13.2. The standard InChI is InChI=1S/C18H27N/c1-3-19-18(17-9-4-6-13(17)2)16-11-10-14-7-5-8-15(14)12-16/h10-13,17-19H,3-9H2,1-2H3. The number of fused-ring (bicyclic) bond motifs is 1. The second kappa shape index (κ2) is 5.66. The summed E-state index contributed by atoms with van der Waals surface area (Å²) in [6.07, 6.45) is 8.17. The maximum Gasteiger partial charge on any atom is 0.0351 e. The molecule has 104 valence electrons. The van der Waals surface area contributed by atoms with Crippen molar-refractivity contribution >= 4 is 0 Å². The van der Waals surface area contributed by atoms with Crippen LogP contribution in [0.15, 0.2) is 18.2 Å². The lowest BCUT2D eigenvalue weighted by atomic mass is 9.85. The van der Waals surface area contributed by atoms with Crippen molar-refractivity contribution in [1.29, 1.82) is 0 Å². The maximum absolute atomic E-state index is 3.76. The number of hydrogen-bond acceptors (Lipinski definition) is 1. The molecular weight excluding hydrogens is 230 g/mol. The molecule has 1 heteroatoms. The lowest BCUT2D eigenvalue weighted by Crippen LogP contribution is -2.29. The Morgan fingerprint density at radius 2 is 2.00 bits per heavy atom. The molecule has 1 N–H and O–H groups in total. The lowest BCUT2D eigenvalue weighted by molar-refractivity contribution is 0.305. The van der Waals surface area contributed by atoms with Crippen LogP contribution < -0.4 is 5.32 Å². The molecule has 1 fully saturated rings. The van der Waals surface area contributed by atoms with Crippen molar-refractivity contribution in [3.05, 3.63) is 34.9 Å². The molecule has 1 saturated carbocycles. The largest absolute Gasteiger partial charge is 0.310 e. The van der Waals surface area contributed by atoms with E-state index in [4.69, 9.17) is 0 Å². The quantitative estimate of drug-likeness (QED) is 0.849. The highest BCUT2D eigenvalue weighted by Gasteiger charge is 2.31. The van der Waals surface area contributed by atoms with Gasteiger partial charge in [0.25, 0.3) is 0 Å². The molecule has 1 aromatic rings. The van der Waals surface area contributed by atoms with Crippen molar-refractivity contribution < 1.29 is 0 Å². The molecule has 2 aliphatic rings. The van der Waals surface area contributed by atoms with Crippen LogP contribution in [0, 0.1) is 11.8 Å². The van der Waals surface area contributed by atoms with E-state index in [1.165, 1.54) is 38.5 Å². The van der Waals surface area contributed by atoms with Crippen molar-refractivity contribution in [2.45, 2.75) is 58.4 Å². The van der Waals surface area contributed by atoms with Crippen molar-refractivity contribution in [3.63, 3.8) is 0 Å². The first kappa shape index (κ1) is 13.2. The Morgan fingerprint density at radius 3 is 2.74 bits per heavy atom. The predicted molar refractivity (Wildman–Crippen MR) is 81.4 cm³/mol. The molecule has 2 aliphatic carbocycles. The number of rotatable bonds is 4. The van der Waals surface area contributed by atoms with E-state index in [0.717, 1.165) is 18.4 Å². The zero-order valence-electron chi connectivity index (χ0n) is 12.4. The number of benzene rings is 1. The fraction of sp³-hybridized carbons (Fsp3) is 0.667. The molecule has 0 aromatic heterocycles. The third-order valence-corrected chi connectivity index (χ3v) is 5.26. The smallest absolute Gasteiger partial charge is 0.0351 e. The van der Waals surface area contributed by atoms with Gasteiger partial charge in [-0.15, -0.1) is 0 Å². The Balaban J connectivity index is 1.87. The Morgan fingerprint density at radius 1 is 1.16 bits per heavy atom. The average Bonchev–Trinajstić information content (AvgIpc) is 3.03. The second-order valence-electron chi connectivity index (χ2n) is 6.49. The lowest BCUT2D eigenvalue weighted by Gasteiger charge is -2.28. The van der Waals surface area contributed by atoms with Gasteiger partial charge < -0.3 is 5.32 Å². The van der Waals surface area contributed by atoms with E-state index in [2.05, 4.69) is 37.4 Å². The number of hydrogen-bond donors (Lipinski definition) is 1. The molecule has 0 aliphatic heterocycles. The monoisotopic (exact) mass is 257 g/mol. The Hall–Kier alpha value is -0.820. The molecule has 3 unspecified atom stereocenters. The molecule has 0 radical (unpaired) electrons. The van der Waals surface area contributed by atoms with E-state index < -0.39 is 0 Å². The molecule has 1 aromatic carbocycles. The zero-order valence-corrected chi connectivity index (χ0v) is 12.4. The highest BCUT2D eigenvalue weighted by atomic mass is 14.9. The van der Waals surface area contributed by atoms with Gasteiger partial charge in [-0.3, -0.25) is 0 Å². The van der Waals surface area contributed by atoms with Crippen LogP contribution in [0.25, 0.3) is 0 Å². The molecule has 0 spiro atoms. The predicted octanol–water partition coefficient (Wildman–Crippen LogP) is 4.26. The SMILES string of the molecule is CCNC(c1ccc2c(c1)CCC2)C1CCCC1C. The number of aryl methyl sites for hydroxylation is 2. The van der Waals surface area contributed by atoms with Gasteiger partial charge in [-0.05, 0) is 60.8 Å². The van der Waals surface area contributed by atoms with Gasteiger partial charge in [0.1, 0.15) is 0 Å². The third kappa shape index (κ3) is 2.58. The van der Waals surface area contributed by atoms with Gasteiger partial charge in [0.15, 0.2) is 0 Å². The molecule has 0 bridgehead atoms. The Labute approximate surface area is 117 Å². The normalized spacial score (nSPS) is 27.5. The van der Waals surface area contributed by atoms with Crippen LogP contribution in [0.4, 0.5) is 0 Å². The summed E-state index contributed by atoms with van der Waals surface area (Å²) in [4.78, 5) is 0. The van der Waals surface area contributed by atoms with Crippen molar-refractivity contribution in [1.82, 2.24) is 5.32 Å². The van der Waals surface area contributed by atoms with Gasteiger partial charge in [0.2, 0.25) is 0 Å². The van der Waals surface area contributed by atoms with E-state index >= 15 is 0 Å². The minimum absolute atomic E-state index is 0.577. The summed E-state index contributed by atoms with van der Waals surface area (Å²) in [6.45, 7) is 5.75. The summed E-state index contributed by atoms with van der Waals surface area (Å²) in [5.41, 5.74) is 4.76. The highest BCUT2D eigenvalue weighted by Crippen LogP contribution is 2.40. The van der Waals surface area contributed by atoms with Gasteiger partial charge in [-0.2, -0.15) is 0 Å². The van der Waals surface area contributed by atoms with E-state index in [1.807, 2.05) is 0 Å². The summed E-state index contributed by atoms with van der Waals surface area (Å²) in [6, 6.07) is 7.86. The van der Waals surface area contributed by atoms with E-state index in [0.29, 0.717) is 6.04 Å². The summed E-state index contributed by atoms with van der Waals surface area (Å²) in [7, 11) is 0. The average molecular weight is 257 g/mol. The minimum atomic E-state index is 0.577. The molecule has 3 atom stereocenters. The van der Waals surface area contributed by atoms with Gasteiger partial charge in [-0.25, -0.2) is 0 Å². The first-order valence-corrected chi connectivity index (χ1v) is 8.14. The molecule has 0 heterocycles. The molecule has 19 heavy (non-hydrogen) atoms. The van der Waals surface area contributed by atoms with Crippen molar-refractivity contribution in [3.8, 4) is 0 Å². The topological polar surface area (TPSA) is 12.0 Å². The van der Waals surface area contributed by atoms with Crippen LogP contribution in [-0.4, -0.2) is 6.54 Å². The van der Waals surface area contributed by atoms with Crippen LogP contribution in [0.2, 0.25) is 0 Å². The van der Waals surface area contributed by atoms with Gasteiger partial charge in [0, 0.05) is 6.04 Å². The molecule has 3 rings (SSSR count). The van der Waals surface area contributed by atoms with Crippen LogP contribution in [0.1, 0.15) is 62.3 Å². The highest BCUT2D eigenvalue weighted by molar-refractivity contribution is 5.37. The van der Waals surface area contributed by atoms with Crippen molar-refractivity contribution in [2.24, 2.45) is 11.8 Å². The van der Waals surface area contributed by atoms with Crippen LogP contribution >= 0.6 is 0 Å². The first-order valence-electron chi connectivity index (χ1n) is 8.14. The van der Waals surface area contributed by atoms with Gasteiger partial charge in [-0.1, -0.05) is 44.9 Å². The first-order chi connectivity index (χ1) is 9.29. The fourth-order valence-corrected chi connectivity index (χ4v) is 4.19. The van der Waals surface area contributed by atoms with E-state index in [-0.39, 0.29) is 0 Å². The van der Waals surface area contributed by atoms with Crippen molar-refractivity contribution in [2.75, 3.05) is 6.54 Å². The summed E-state index contributed by atoms with van der Waals surface area (Å²) >= 11 is 0. The fourth-order valence-electron chi connectivity index (χ4n) is 4.19. The van der Waals surface area contributed by atoms with E-state index in [9.17, 15) is 0 Å². The Bertz CT molecular complexity index is 437. The molecular formula is C18H27N. The van der Waals surface area contributed by atoms with E-state index in [1.54, 1.807) is 16.7 Å². The Kier molecular flexibility index (Phi) is 3.93. The number of nitrogens with one attached hydrogen (secondary N) is 1. The minimum Gasteiger partial charge on any atom is -0.310 e. The van der Waals surface area contributed by atoms with Gasteiger partial charge in [0.05, 0.1) is 0 Å². The van der Waals surface area contributed by atoms with Gasteiger partial charge >= 0.3 is 0 Å². The summed E-state index contributed by atoms with van der Waals surface area (Å²) in [5, 5.41) is 3.76. The molecule has 0 amide bonds. The third-order valence-electron chi connectivity index (χ3n) is 5.26. The molecule has 1 nitrogen and oxygen atoms in total.